The van der Waals surface area contributed by atoms with Crippen molar-refractivity contribution in [3.05, 3.63) is 18.5 Å². The number of sulfonamides is 1. The zero-order chi connectivity index (χ0) is 19.7. The second kappa shape index (κ2) is 12.7. The van der Waals surface area contributed by atoms with Crippen LogP contribution >= 0.6 is 24.0 Å². The maximum atomic E-state index is 12.2. The van der Waals surface area contributed by atoms with Gasteiger partial charge in [-0.1, -0.05) is 0 Å². The highest BCUT2D eigenvalue weighted by atomic mass is 127. The molecule has 1 aliphatic rings. The minimum atomic E-state index is -3.48. The molecule has 162 valence electrons. The molecule has 0 atom stereocenters. The molecule has 1 aromatic rings. The number of ether oxygens (including phenoxy) is 1. The van der Waals surface area contributed by atoms with Crippen LogP contribution in [0.3, 0.4) is 0 Å². The third-order valence-electron chi connectivity index (χ3n) is 4.69. The molecule has 2 N–H and O–H groups in total. The summed E-state index contributed by atoms with van der Waals surface area (Å²) >= 11 is 0. The molecule has 1 fully saturated rings. The fraction of sp³-hybridized carbons (Fsp3) is 0.722. The SMILES string of the molecule is CCNC(=NCCNS(=O)(=O)c1ccn(C)c1)N(C)CCC1CCOCC1.I. The molecule has 1 saturated heterocycles. The molecule has 1 aliphatic heterocycles. The van der Waals surface area contributed by atoms with Gasteiger partial charge >= 0.3 is 0 Å². The number of nitrogens with zero attached hydrogens (tertiary/aromatic N) is 3. The summed E-state index contributed by atoms with van der Waals surface area (Å²) in [5.41, 5.74) is 0. The summed E-state index contributed by atoms with van der Waals surface area (Å²) < 4.78 is 34.2. The van der Waals surface area contributed by atoms with E-state index in [1.165, 1.54) is 0 Å². The number of aliphatic imine (C=N–C) groups is 1. The predicted molar refractivity (Wildman–Crippen MR) is 123 cm³/mol. The average Bonchev–Trinajstić information content (AvgIpc) is 3.10. The van der Waals surface area contributed by atoms with E-state index in [4.69, 9.17) is 4.74 Å². The molecule has 0 aromatic carbocycles. The van der Waals surface area contributed by atoms with Gasteiger partial charge < -0.3 is 19.5 Å². The van der Waals surface area contributed by atoms with Gasteiger partial charge in [-0.2, -0.15) is 0 Å². The third kappa shape index (κ3) is 8.26. The van der Waals surface area contributed by atoms with Crippen LogP contribution in [0, 0.1) is 5.92 Å². The first-order valence-corrected chi connectivity index (χ1v) is 11.1. The van der Waals surface area contributed by atoms with E-state index in [-0.39, 0.29) is 35.4 Å². The third-order valence-corrected chi connectivity index (χ3v) is 6.14. The molecule has 0 amide bonds. The van der Waals surface area contributed by atoms with Crippen LogP contribution in [-0.4, -0.2) is 70.3 Å². The van der Waals surface area contributed by atoms with E-state index in [1.807, 2.05) is 14.0 Å². The van der Waals surface area contributed by atoms with Crippen LogP contribution in [0.25, 0.3) is 0 Å². The lowest BCUT2D eigenvalue weighted by molar-refractivity contribution is 0.0625. The van der Waals surface area contributed by atoms with Crippen molar-refractivity contribution in [2.75, 3.05) is 46.4 Å². The van der Waals surface area contributed by atoms with E-state index in [0.29, 0.717) is 12.5 Å². The van der Waals surface area contributed by atoms with E-state index < -0.39 is 10.0 Å². The lowest BCUT2D eigenvalue weighted by Gasteiger charge is -2.26. The van der Waals surface area contributed by atoms with Crippen LogP contribution < -0.4 is 10.0 Å². The highest BCUT2D eigenvalue weighted by Crippen LogP contribution is 2.18. The number of aromatic nitrogens is 1. The minimum absolute atomic E-state index is 0. The average molecular weight is 527 g/mol. The lowest BCUT2D eigenvalue weighted by atomic mass is 9.96. The molecule has 0 aliphatic carbocycles. The summed E-state index contributed by atoms with van der Waals surface area (Å²) in [6, 6.07) is 1.58. The van der Waals surface area contributed by atoms with Crippen molar-refractivity contribution in [3.63, 3.8) is 0 Å². The Labute approximate surface area is 186 Å². The van der Waals surface area contributed by atoms with Crippen molar-refractivity contribution in [3.8, 4) is 0 Å². The molecule has 2 rings (SSSR count). The van der Waals surface area contributed by atoms with Crippen LogP contribution in [0.2, 0.25) is 0 Å². The first-order chi connectivity index (χ1) is 12.9. The fourth-order valence-corrected chi connectivity index (χ4v) is 4.12. The van der Waals surface area contributed by atoms with E-state index in [0.717, 1.165) is 51.5 Å². The number of nitrogens with one attached hydrogen (secondary N) is 2. The first-order valence-electron chi connectivity index (χ1n) is 9.61. The van der Waals surface area contributed by atoms with Gasteiger partial charge in [0.1, 0.15) is 0 Å². The summed E-state index contributed by atoms with van der Waals surface area (Å²) in [5.74, 6) is 1.52. The Morgan fingerprint density at radius 2 is 2.11 bits per heavy atom. The standard InChI is InChI=1S/C18H33N5O3S.HI/c1-4-19-18(23(3)12-5-16-7-13-26-14-8-16)20-9-10-21-27(24,25)17-6-11-22(2)15-17;/h6,11,15-16,21H,4-5,7-10,12-14H2,1-3H3,(H,19,20);1H. The molecule has 28 heavy (non-hydrogen) atoms. The molecule has 0 unspecified atom stereocenters. The zero-order valence-electron chi connectivity index (χ0n) is 17.1. The van der Waals surface area contributed by atoms with Crippen molar-refractivity contribution >= 4 is 40.0 Å². The number of guanidine groups is 1. The number of hydrogen-bond acceptors (Lipinski definition) is 4. The summed E-state index contributed by atoms with van der Waals surface area (Å²) in [4.78, 5) is 6.94. The van der Waals surface area contributed by atoms with E-state index in [9.17, 15) is 8.42 Å². The molecule has 0 radical (unpaired) electrons. The Hall–Kier alpha value is -0.850. The van der Waals surface area contributed by atoms with E-state index in [2.05, 4.69) is 19.9 Å². The number of halogens is 1. The Bertz CT molecular complexity index is 702. The summed E-state index contributed by atoms with van der Waals surface area (Å²) in [7, 11) is 0.336. The first kappa shape index (κ1) is 25.2. The zero-order valence-corrected chi connectivity index (χ0v) is 20.2. The van der Waals surface area contributed by atoms with Crippen molar-refractivity contribution in [1.29, 1.82) is 0 Å². The normalized spacial score (nSPS) is 15.9. The van der Waals surface area contributed by atoms with Gasteiger partial charge in [0.05, 0.1) is 11.4 Å². The number of aryl methyl sites for hydroxylation is 1. The molecule has 10 heteroatoms. The molecule has 8 nitrogen and oxygen atoms in total. The lowest BCUT2D eigenvalue weighted by Crippen LogP contribution is -2.40. The van der Waals surface area contributed by atoms with Crippen LogP contribution in [0.5, 0.6) is 0 Å². The topological polar surface area (TPSA) is 88.0 Å². The highest BCUT2D eigenvalue weighted by Gasteiger charge is 2.16. The smallest absolute Gasteiger partial charge is 0.242 e. The van der Waals surface area contributed by atoms with Gasteiger partial charge in [-0.3, -0.25) is 4.99 Å². The molecule has 0 spiro atoms. The molecular formula is C18H34IN5O3S. The van der Waals surface area contributed by atoms with Gasteiger partial charge in [-0.05, 0) is 38.2 Å². The number of hydrogen-bond donors (Lipinski definition) is 2. The van der Waals surface area contributed by atoms with Gasteiger partial charge in [-0.15, -0.1) is 24.0 Å². The Balaban J connectivity index is 0.00000392. The highest BCUT2D eigenvalue weighted by molar-refractivity contribution is 14.0. The van der Waals surface area contributed by atoms with Gasteiger partial charge in [0.2, 0.25) is 10.0 Å². The van der Waals surface area contributed by atoms with Gasteiger partial charge in [0.25, 0.3) is 0 Å². The monoisotopic (exact) mass is 527 g/mol. The van der Waals surface area contributed by atoms with Gasteiger partial charge in [-0.25, -0.2) is 13.1 Å². The quantitative estimate of drug-likeness (QED) is 0.221. The minimum Gasteiger partial charge on any atom is -0.381 e. The summed E-state index contributed by atoms with van der Waals surface area (Å²) in [6.45, 7) is 6.10. The Morgan fingerprint density at radius 1 is 1.39 bits per heavy atom. The van der Waals surface area contributed by atoms with Gasteiger partial charge in [0.15, 0.2) is 5.96 Å². The van der Waals surface area contributed by atoms with Crippen LogP contribution in [0.4, 0.5) is 0 Å². The van der Waals surface area contributed by atoms with Crippen molar-refractivity contribution in [2.45, 2.75) is 31.1 Å². The number of rotatable bonds is 9. The van der Waals surface area contributed by atoms with E-state index in [1.54, 1.807) is 30.1 Å². The maximum absolute atomic E-state index is 12.2. The largest absolute Gasteiger partial charge is 0.381 e. The van der Waals surface area contributed by atoms with Crippen molar-refractivity contribution in [1.82, 2.24) is 19.5 Å². The summed E-state index contributed by atoms with van der Waals surface area (Å²) in [6.07, 6.45) is 6.67. The maximum Gasteiger partial charge on any atom is 0.242 e. The molecule has 0 saturated carbocycles. The van der Waals surface area contributed by atoms with Crippen LogP contribution in [-0.2, 0) is 21.8 Å². The summed E-state index contributed by atoms with van der Waals surface area (Å²) in [5, 5.41) is 3.27. The van der Waals surface area contributed by atoms with Crippen molar-refractivity contribution < 1.29 is 13.2 Å². The fourth-order valence-electron chi connectivity index (χ4n) is 3.05. The van der Waals surface area contributed by atoms with Crippen molar-refractivity contribution in [2.24, 2.45) is 18.0 Å². The Morgan fingerprint density at radius 3 is 2.71 bits per heavy atom. The van der Waals surface area contributed by atoms with E-state index >= 15 is 0 Å². The van der Waals surface area contributed by atoms with Crippen LogP contribution in [0.1, 0.15) is 26.2 Å². The second-order valence-corrected chi connectivity index (χ2v) is 8.68. The molecule has 1 aromatic heterocycles. The van der Waals surface area contributed by atoms with Crippen LogP contribution in [0.15, 0.2) is 28.3 Å². The predicted octanol–water partition coefficient (Wildman–Crippen LogP) is 1.64. The van der Waals surface area contributed by atoms with Gasteiger partial charge in [0, 0.05) is 59.3 Å². The Kier molecular flexibility index (Phi) is 11.4. The second-order valence-electron chi connectivity index (χ2n) is 6.91. The molecule has 0 bridgehead atoms. The molecule has 2 heterocycles. The molecular weight excluding hydrogens is 493 g/mol.